The van der Waals surface area contributed by atoms with Crippen molar-refractivity contribution < 1.29 is 23.1 Å². The van der Waals surface area contributed by atoms with E-state index in [-0.39, 0.29) is 18.0 Å². The Morgan fingerprint density at radius 2 is 2.05 bits per heavy atom. The summed E-state index contributed by atoms with van der Waals surface area (Å²) in [6, 6.07) is 6.16. The number of nitrogens with zero attached hydrogens (tertiary/aromatic N) is 1. The number of carboxylic acids is 1. The number of carboxylic acid groups (broad SMARTS) is 1. The van der Waals surface area contributed by atoms with Crippen molar-refractivity contribution in [3.05, 3.63) is 24.3 Å². The lowest BCUT2D eigenvalue weighted by Gasteiger charge is -2.16. The Morgan fingerprint density at radius 1 is 1.40 bits per heavy atom. The smallest absolute Gasteiger partial charge is 0.307 e. The molecule has 1 heterocycles. The van der Waals surface area contributed by atoms with E-state index >= 15 is 0 Å². The number of hydrogen-bond acceptors (Lipinski definition) is 4. The Balaban J connectivity index is 2.16. The molecule has 6 nitrogen and oxygen atoms in total. The van der Waals surface area contributed by atoms with E-state index in [1.165, 1.54) is 16.4 Å². The predicted molar refractivity (Wildman–Crippen MR) is 72.1 cm³/mol. The zero-order valence-electron chi connectivity index (χ0n) is 11.2. The van der Waals surface area contributed by atoms with Crippen molar-refractivity contribution in [2.75, 3.05) is 19.7 Å². The van der Waals surface area contributed by atoms with Crippen molar-refractivity contribution >= 4 is 16.0 Å². The number of benzene rings is 1. The predicted octanol–water partition coefficient (Wildman–Crippen LogP) is 1.18. The minimum absolute atomic E-state index is 0.0326. The number of sulfonamides is 1. The van der Waals surface area contributed by atoms with E-state index in [0.717, 1.165) is 0 Å². The highest BCUT2D eigenvalue weighted by atomic mass is 32.2. The minimum Gasteiger partial charge on any atom is -0.494 e. The molecule has 0 saturated carbocycles. The van der Waals surface area contributed by atoms with Crippen LogP contribution in [-0.2, 0) is 14.8 Å². The van der Waals surface area contributed by atoms with Crippen LogP contribution in [0.2, 0.25) is 0 Å². The number of hydrogen-bond donors (Lipinski definition) is 1. The van der Waals surface area contributed by atoms with E-state index in [0.29, 0.717) is 18.8 Å². The van der Waals surface area contributed by atoms with Gasteiger partial charge in [-0.3, -0.25) is 4.79 Å². The van der Waals surface area contributed by atoms with Gasteiger partial charge in [-0.25, -0.2) is 8.42 Å². The van der Waals surface area contributed by atoms with E-state index in [2.05, 4.69) is 0 Å². The van der Waals surface area contributed by atoms with E-state index in [4.69, 9.17) is 9.84 Å². The van der Waals surface area contributed by atoms with Crippen LogP contribution in [0.25, 0.3) is 0 Å². The maximum absolute atomic E-state index is 12.4. The fraction of sp³-hybridized carbons (Fsp3) is 0.462. The highest BCUT2D eigenvalue weighted by Crippen LogP contribution is 2.25. The van der Waals surface area contributed by atoms with Gasteiger partial charge in [0.05, 0.1) is 17.4 Å². The molecule has 1 fully saturated rings. The van der Waals surface area contributed by atoms with Crippen LogP contribution >= 0.6 is 0 Å². The molecule has 0 radical (unpaired) electrons. The average molecular weight is 299 g/mol. The van der Waals surface area contributed by atoms with Crippen LogP contribution in [0.1, 0.15) is 13.3 Å². The van der Waals surface area contributed by atoms with Crippen LogP contribution in [0.5, 0.6) is 5.75 Å². The lowest BCUT2D eigenvalue weighted by molar-refractivity contribution is -0.141. The molecule has 1 aromatic carbocycles. The fourth-order valence-corrected chi connectivity index (χ4v) is 3.67. The van der Waals surface area contributed by atoms with Gasteiger partial charge in [0.15, 0.2) is 0 Å². The average Bonchev–Trinajstić information content (AvgIpc) is 2.90. The molecular weight excluding hydrogens is 282 g/mol. The Hall–Kier alpha value is -1.60. The number of carbonyl (C=O) groups is 1. The topological polar surface area (TPSA) is 83.9 Å². The third-order valence-corrected chi connectivity index (χ3v) is 5.15. The van der Waals surface area contributed by atoms with E-state index in [1.807, 2.05) is 6.92 Å². The Labute approximate surface area is 118 Å². The van der Waals surface area contributed by atoms with Gasteiger partial charge in [-0.05, 0) is 37.6 Å². The van der Waals surface area contributed by atoms with Gasteiger partial charge in [0, 0.05) is 13.1 Å². The van der Waals surface area contributed by atoms with Crippen LogP contribution in [0.3, 0.4) is 0 Å². The highest BCUT2D eigenvalue weighted by Gasteiger charge is 2.35. The summed E-state index contributed by atoms with van der Waals surface area (Å²) >= 11 is 0. The summed E-state index contributed by atoms with van der Waals surface area (Å²) < 4.78 is 31.2. The van der Waals surface area contributed by atoms with Crippen molar-refractivity contribution in [3.8, 4) is 5.75 Å². The summed E-state index contributed by atoms with van der Waals surface area (Å²) in [5.74, 6) is -0.960. The number of aliphatic carboxylic acids is 1. The second-order valence-corrected chi connectivity index (χ2v) is 6.53. The normalized spacial score (nSPS) is 19.9. The number of ether oxygens (including phenoxy) is 1. The summed E-state index contributed by atoms with van der Waals surface area (Å²) in [6.45, 7) is 2.64. The Morgan fingerprint density at radius 3 is 2.55 bits per heavy atom. The first-order valence-electron chi connectivity index (χ1n) is 6.41. The maximum Gasteiger partial charge on any atom is 0.307 e. The quantitative estimate of drug-likeness (QED) is 0.882. The fourth-order valence-electron chi connectivity index (χ4n) is 2.17. The molecule has 1 saturated heterocycles. The molecule has 0 aromatic heterocycles. The third kappa shape index (κ3) is 2.94. The van der Waals surface area contributed by atoms with Crippen LogP contribution in [-0.4, -0.2) is 43.5 Å². The van der Waals surface area contributed by atoms with Gasteiger partial charge in [0.1, 0.15) is 5.75 Å². The van der Waals surface area contributed by atoms with Gasteiger partial charge in [-0.2, -0.15) is 4.31 Å². The van der Waals surface area contributed by atoms with Gasteiger partial charge < -0.3 is 9.84 Å². The zero-order valence-corrected chi connectivity index (χ0v) is 12.0. The molecule has 0 amide bonds. The summed E-state index contributed by atoms with van der Waals surface area (Å²) in [5, 5.41) is 8.92. The first-order chi connectivity index (χ1) is 9.45. The third-order valence-electron chi connectivity index (χ3n) is 3.27. The molecule has 2 rings (SSSR count). The SMILES string of the molecule is CCOc1ccc(S(=O)(=O)N2CCC(C(=O)O)C2)cc1. The lowest BCUT2D eigenvalue weighted by Crippen LogP contribution is -2.30. The van der Waals surface area contributed by atoms with Crippen LogP contribution in [0, 0.1) is 5.92 Å². The molecular formula is C13H17NO5S. The first-order valence-corrected chi connectivity index (χ1v) is 7.85. The van der Waals surface area contributed by atoms with Crippen LogP contribution in [0.4, 0.5) is 0 Å². The minimum atomic E-state index is -3.62. The largest absolute Gasteiger partial charge is 0.494 e. The maximum atomic E-state index is 12.4. The molecule has 0 spiro atoms. The first kappa shape index (κ1) is 14.8. The lowest BCUT2D eigenvalue weighted by atomic mass is 10.1. The molecule has 1 unspecified atom stereocenters. The summed E-state index contributed by atoms with van der Waals surface area (Å²) in [5.41, 5.74) is 0. The molecule has 1 aromatic rings. The van der Waals surface area contributed by atoms with Crippen molar-refractivity contribution in [1.82, 2.24) is 4.31 Å². The van der Waals surface area contributed by atoms with Crippen LogP contribution < -0.4 is 4.74 Å². The van der Waals surface area contributed by atoms with Gasteiger partial charge in [-0.1, -0.05) is 0 Å². The highest BCUT2D eigenvalue weighted by molar-refractivity contribution is 7.89. The number of rotatable bonds is 5. The molecule has 0 aliphatic carbocycles. The molecule has 1 aliphatic rings. The van der Waals surface area contributed by atoms with Gasteiger partial charge in [0.25, 0.3) is 0 Å². The van der Waals surface area contributed by atoms with E-state index in [1.54, 1.807) is 12.1 Å². The molecule has 1 aliphatic heterocycles. The summed E-state index contributed by atoms with van der Waals surface area (Å²) in [7, 11) is -3.62. The molecule has 7 heteroatoms. The van der Waals surface area contributed by atoms with Crippen molar-refractivity contribution in [1.29, 1.82) is 0 Å². The van der Waals surface area contributed by atoms with Crippen molar-refractivity contribution in [3.63, 3.8) is 0 Å². The standard InChI is InChI=1S/C13H17NO5S/c1-2-19-11-3-5-12(6-4-11)20(17,18)14-8-7-10(9-14)13(15)16/h3-6,10H,2,7-9H2,1H3,(H,15,16). The Kier molecular flexibility index (Phi) is 4.29. The second kappa shape index (κ2) is 5.80. The van der Waals surface area contributed by atoms with E-state index in [9.17, 15) is 13.2 Å². The summed E-state index contributed by atoms with van der Waals surface area (Å²) in [6.07, 6.45) is 0.353. The Bertz CT molecular complexity index is 581. The zero-order chi connectivity index (χ0) is 14.8. The second-order valence-electron chi connectivity index (χ2n) is 4.59. The van der Waals surface area contributed by atoms with Gasteiger partial charge >= 0.3 is 5.97 Å². The van der Waals surface area contributed by atoms with Crippen molar-refractivity contribution in [2.24, 2.45) is 5.92 Å². The summed E-state index contributed by atoms with van der Waals surface area (Å²) in [4.78, 5) is 11.0. The molecule has 110 valence electrons. The van der Waals surface area contributed by atoms with Gasteiger partial charge in [-0.15, -0.1) is 0 Å². The monoisotopic (exact) mass is 299 g/mol. The molecule has 1 atom stereocenters. The van der Waals surface area contributed by atoms with Gasteiger partial charge in [0.2, 0.25) is 10.0 Å². The van der Waals surface area contributed by atoms with Crippen molar-refractivity contribution in [2.45, 2.75) is 18.2 Å². The molecule has 1 N–H and O–H groups in total. The van der Waals surface area contributed by atoms with E-state index < -0.39 is 21.9 Å². The molecule has 20 heavy (non-hydrogen) atoms. The van der Waals surface area contributed by atoms with Crippen LogP contribution in [0.15, 0.2) is 29.2 Å². The molecule has 0 bridgehead atoms.